The minimum absolute atomic E-state index is 0.795. The van der Waals surface area contributed by atoms with E-state index in [2.05, 4.69) is 4.83 Å². The Balaban J connectivity index is 2.09. The first-order valence-electron chi connectivity index (χ1n) is 3.94. The van der Waals surface area contributed by atoms with Gasteiger partial charge in [-0.2, -0.15) is 4.83 Å². The van der Waals surface area contributed by atoms with E-state index < -0.39 is 0 Å². The van der Waals surface area contributed by atoms with Crippen LogP contribution >= 0.6 is 23.5 Å². The van der Waals surface area contributed by atoms with Crippen molar-refractivity contribution in [2.24, 2.45) is 0 Å². The third-order valence-electron chi connectivity index (χ3n) is 1.78. The highest BCUT2D eigenvalue weighted by Gasteiger charge is 2.06. The second-order valence-corrected chi connectivity index (χ2v) is 3.81. The first-order chi connectivity index (χ1) is 6.36. The van der Waals surface area contributed by atoms with Gasteiger partial charge in [0.2, 0.25) is 0 Å². The van der Waals surface area contributed by atoms with Crippen LogP contribution in [0.1, 0.15) is 5.56 Å². The summed E-state index contributed by atoms with van der Waals surface area (Å²) in [5, 5.41) is 4.80. The Kier molecular flexibility index (Phi) is 2.78. The molecule has 0 aromatic heterocycles. The van der Waals surface area contributed by atoms with E-state index in [1.54, 1.807) is 11.9 Å². The first-order valence-corrected chi connectivity index (χ1v) is 5.20. The molecule has 1 N–H and O–H groups in total. The van der Waals surface area contributed by atoms with Crippen molar-refractivity contribution in [2.45, 2.75) is 6.54 Å². The maximum absolute atomic E-state index is 6.02. The van der Waals surface area contributed by atoms with Crippen LogP contribution in [0.25, 0.3) is 0 Å². The molecule has 0 unspecified atom stereocenters. The van der Waals surface area contributed by atoms with Crippen LogP contribution in [-0.2, 0) is 6.54 Å². The molecule has 0 aliphatic carbocycles. The molecule has 1 aromatic rings. The quantitative estimate of drug-likeness (QED) is 0.759. The molecule has 13 heavy (non-hydrogen) atoms. The van der Waals surface area contributed by atoms with Gasteiger partial charge in [0.25, 0.3) is 0 Å². The van der Waals surface area contributed by atoms with Gasteiger partial charge in [-0.1, -0.05) is 29.8 Å². The van der Waals surface area contributed by atoms with E-state index in [1.165, 1.54) is 0 Å². The third-order valence-corrected chi connectivity index (χ3v) is 2.74. The fourth-order valence-electron chi connectivity index (χ4n) is 1.13. The fraction of sp³-hybridized carbons (Fsp3) is 0.111. The van der Waals surface area contributed by atoms with Gasteiger partial charge >= 0.3 is 0 Å². The number of hydrogen-bond acceptors (Lipinski definition) is 3. The van der Waals surface area contributed by atoms with E-state index in [9.17, 15) is 0 Å². The van der Waals surface area contributed by atoms with E-state index in [4.69, 9.17) is 11.6 Å². The SMILES string of the molecule is Clc1ccccc1CN1C=CSN1. The molecule has 2 nitrogen and oxygen atoms in total. The Morgan fingerprint density at radius 1 is 1.38 bits per heavy atom. The lowest BCUT2D eigenvalue weighted by Crippen LogP contribution is -2.23. The summed E-state index contributed by atoms with van der Waals surface area (Å²) in [4.78, 5) is 3.11. The lowest BCUT2D eigenvalue weighted by atomic mass is 10.2. The smallest absolute Gasteiger partial charge is 0.0612 e. The number of benzene rings is 1. The van der Waals surface area contributed by atoms with E-state index in [1.807, 2.05) is 40.9 Å². The van der Waals surface area contributed by atoms with E-state index in [0.29, 0.717) is 0 Å². The highest BCUT2D eigenvalue weighted by Crippen LogP contribution is 2.18. The number of rotatable bonds is 2. The number of nitrogens with one attached hydrogen (secondary N) is 1. The average molecular weight is 213 g/mol. The second kappa shape index (κ2) is 4.05. The summed E-state index contributed by atoms with van der Waals surface area (Å²) >= 11 is 7.58. The molecule has 1 aliphatic heterocycles. The number of nitrogens with zero attached hydrogens (tertiary/aromatic N) is 1. The summed E-state index contributed by atoms with van der Waals surface area (Å²) in [5.41, 5.74) is 1.13. The minimum atomic E-state index is 0.795. The third kappa shape index (κ3) is 2.18. The van der Waals surface area contributed by atoms with Crippen molar-refractivity contribution in [2.75, 3.05) is 0 Å². The summed E-state index contributed by atoms with van der Waals surface area (Å²) in [5.74, 6) is 0. The van der Waals surface area contributed by atoms with Gasteiger partial charge in [0.1, 0.15) is 0 Å². The van der Waals surface area contributed by atoms with Gasteiger partial charge in [-0.3, -0.25) is 0 Å². The normalized spacial score (nSPS) is 15.3. The molecule has 0 saturated heterocycles. The van der Waals surface area contributed by atoms with Gasteiger partial charge in [0, 0.05) is 16.6 Å². The summed E-state index contributed by atoms with van der Waals surface area (Å²) in [6, 6.07) is 7.87. The molecule has 0 radical (unpaired) electrons. The maximum Gasteiger partial charge on any atom is 0.0612 e. The molecule has 0 atom stereocenters. The molecule has 1 heterocycles. The van der Waals surface area contributed by atoms with Crippen molar-refractivity contribution in [3.63, 3.8) is 0 Å². The highest BCUT2D eigenvalue weighted by molar-refractivity contribution is 8.00. The van der Waals surface area contributed by atoms with Gasteiger partial charge in [0.05, 0.1) is 6.54 Å². The minimum Gasteiger partial charge on any atom is -0.301 e. The van der Waals surface area contributed by atoms with E-state index >= 15 is 0 Å². The standard InChI is InChI=1S/C9H9ClN2S/c10-9-4-2-1-3-8(9)7-12-5-6-13-11-12/h1-6,11H,7H2. The van der Waals surface area contributed by atoms with Crippen molar-refractivity contribution < 1.29 is 0 Å². The summed E-state index contributed by atoms with van der Waals surface area (Å²) in [6.07, 6.45) is 1.99. The lowest BCUT2D eigenvalue weighted by Gasteiger charge is -2.15. The van der Waals surface area contributed by atoms with E-state index in [0.717, 1.165) is 17.1 Å². The number of halogens is 1. The van der Waals surface area contributed by atoms with Gasteiger partial charge < -0.3 is 5.01 Å². The lowest BCUT2D eigenvalue weighted by molar-refractivity contribution is 0.354. The topological polar surface area (TPSA) is 15.3 Å². The molecule has 2 rings (SSSR count). The summed E-state index contributed by atoms with van der Waals surface area (Å²) < 4.78 is 0. The molecule has 68 valence electrons. The Hall–Kier alpha value is -0.640. The van der Waals surface area contributed by atoms with Crippen molar-refractivity contribution in [1.29, 1.82) is 0 Å². The van der Waals surface area contributed by atoms with Gasteiger partial charge in [-0.05, 0) is 23.6 Å². The summed E-state index contributed by atoms with van der Waals surface area (Å²) in [6.45, 7) is 0.795. The Morgan fingerprint density at radius 3 is 2.92 bits per heavy atom. The molecule has 0 saturated carbocycles. The van der Waals surface area contributed by atoms with Crippen LogP contribution < -0.4 is 4.83 Å². The molecule has 0 fully saturated rings. The van der Waals surface area contributed by atoms with Crippen LogP contribution in [0.3, 0.4) is 0 Å². The zero-order valence-electron chi connectivity index (χ0n) is 6.90. The van der Waals surface area contributed by atoms with Crippen LogP contribution in [0.4, 0.5) is 0 Å². The number of hydrogen-bond donors (Lipinski definition) is 1. The first kappa shape index (κ1) is 8.94. The summed E-state index contributed by atoms with van der Waals surface area (Å²) in [7, 11) is 0. The molecule has 0 spiro atoms. The number of hydrazine groups is 1. The van der Waals surface area contributed by atoms with Gasteiger partial charge in [-0.15, -0.1) is 0 Å². The molecule has 1 aromatic carbocycles. The average Bonchev–Trinajstić information content (AvgIpc) is 2.61. The highest BCUT2D eigenvalue weighted by atomic mass is 35.5. The zero-order chi connectivity index (χ0) is 9.10. The largest absolute Gasteiger partial charge is 0.301 e. The molecular formula is C9H9ClN2S. The van der Waals surface area contributed by atoms with E-state index in [-0.39, 0.29) is 0 Å². The monoisotopic (exact) mass is 212 g/mol. The van der Waals surface area contributed by atoms with Crippen LogP contribution in [-0.4, -0.2) is 5.01 Å². The van der Waals surface area contributed by atoms with Crippen molar-refractivity contribution in [3.8, 4) is 0 Å². The molecule has 0 bridgehead atoms. The van der Waals surface area contributed by atoms with Crippen LogP contribution in [0, 0.1) is 0 Å². The zero-order valence-corrected chi connectivity index (χ0v) is 8.48. The van der Waals surface area contributed by atoms with Crippen LogP contribution in [0.15, 0.2) is 35.9 Å². The predicted molar refractivity (Wildman–Crippen MR) is 56.9 cm³/mol. The second-order valence-electron chi connectivity index (χ2n) is 2.71. The molecular weight excluding hydrogens is 204 g/mol. The van der Waals surface area contributed by atoms with Crippen LogP contribution in [0.5, 0.6) is 0 Å². The molecule has 4 heteroatoms. The van der Waals surface area contributed by atoms with Gasteiger partial charge in [0.15, 0.2) is 0 Å². The molecule has 0 amide bonds. The Bertz CT molecular complexity index is 327. The van der Waals surface area contributed by atoms with Gasteiger partial charge in [-0.25, -0.2) is 0 Å². The van der Waals surface area contributed by atoms with Crippen LogP contribution in [0.2, 0.25) is 5.02 Å². The predicted octanol–water partition coefficient (Wildman–Crippen LogP) is 2.78. The van der Waals surface area contributed by atoms with Crippen molar-refractivity contribution in [3.05, 3.63) is 46.5 Å². The molecule has 1 aliphatic rings. The van der Waals surface area contributed by atoms with Crippen molar-refractivity contribution >= 4 is 23.5 Å². The Morgan fingerprint density at radius 2 is 2.23 bits per heavy atom. The maximum atomic E-state index is 6.02. The van der Waals surface area contributed by atoms with Crippen molar-refractivity contribution in [1.82, 2.24) is 9.84 Å². The fourth-order valence-corrected chi connectivity index (χ4v) is 1.85. The Labute approximate surface area is 86.7 Å².